The first-order valence-electron chi connectivity index (χ1n) is 4.57. The summed E-state index contributed by atoms with van der Waals surface area (Å²) in [6, 6.07) is 0. The summed E-state index contributed by atoms with van der Waals surface area (Å²) in [6.45, 7) is 0. The monoisotopic (exact) mass is 229 g/mol. The number of carbonyl (C=O) groups excluding carboxylic acids is 1. The van der Waals surface area contributed by atoms with E-state index in [0.717, 1.165) is 0 Å². The standard InChI is InChI=1S/C8H11N3O3S/c12-7(11-8-9-2-3-10-8)6-1-4-15(13,14)5-6/h2-3,6H,1,4-5H2,(H2,9,10,11,12). The summed E-state index contributed by atoms with van der Waals surface area (Å²) in [4.78, 5) is 18.1. The van der Waals surface area contributed by atoms with E-state index in [1.807, 2.05) is 0 Å². The van der Waals surface area contributed by atoms with E-state index in [-0.39, 0.29) is 17.4 Å². The fraction of sp³-hybridized carbons (Fsp3) is 0.500. The second-order valence-corrected chi connectivity index (χ2v) is 5.76. The van der Waals surface area contributed by atoms with Gasteiger partial charge in [-0.05, 0) is 6.42 Å². The van der Waals surface area contributed by atoms with Crippen molar-refractivity contribution in [3.8, 4) is 0 Å². The van der Waals surface area contributed by atoms with Gasteiger partial charge in [-0.2, -0.15) is 0 Å². The highest BCUT2D eigenvalue weighted by molar-refractivity contribution is 7.91. The molecular formula is C8H11N3O3S. The first-order chi connectivity index (χ1) is 7.07. The van der Waals surface area contributed by atoms with Gasteiger partial charge in [0.15, 0.2) is 9.84 Å². The molecule has 1 aliphatic rings. The molecule has 7 heteroatoms. The van der Waals surface area contributed by atoms with Gasteiger partial charge in [-0.1, -0.05) is 0 Å². The first-order valence-corrected chi connectivity index (χ1v) is 6.40. The van der Waals surface area contributed by atoms with E-state index >= 15 is 0 Å². The van der Waals surface area contributed by atoms with Crippen molar-refractivity contribution in [2.45, 2.75) is 6.42 Å². The van der Waals surface area contributed by atoms with Crippen LogP contribution in [0.5, 0.6) is 0 Å². The summed E-state index contributed by atoms with van der Waals surface area (Å²) in [5.74, 6) is -0.335. The number of aromatic nitrogens is 2. The normalized spacial score (nSPS) is 23.9. The Morgan fingerprint density at radius 3 is 2.93 bits per heavy atom. The number of hydrogen-bond acceptors (Lipinski definition) is 4. The Morgan fingerprint density at radius 2 is 2.40 bits per heavy atom. The predicted molar refractivity (Wildman–Crippen MR) is 54.0 cm³/mol. The molecule has 1 amide bonds. The van der Waals surface area contributed by atoms with Gasteiger partial charge in [0.25, 0.3) is 0 Å². The quantitative estimate of drug-likeness (QED) is 0.733. The Hall–Kier alpha value is -1.37. The Kier molecular flexibility index (Phi) is 2.47. The molecule has 0 aliphatic carbocycles. The SMILES string of the molecule is O=C(Nc1ncc[nH]1)C1CCS(=O)(=O)C1. The molecule has 82 valence electrons. The summed E-state index contributed by atoms with van der Waals surface area (Å²) in [7, 11) is -3.01. The molecule has 1 aromatic heterocycles. The summed E-state index contributed by atoms with van der Waals surface area (Å²) in [5, 5.41) is 2.53. The number of hydrogen-bond donors (Lipinski definition) is 2. The molecule has 1 saturated heterocycles. The molecule has 1 fully saturated rings. The van der Waals surface area contributed by atoms with Crippen molar-refractivity contribution in [1.29, 1.82) is 0 Å². The number of rotatable bonds is 2. The minimum atomic E-state index is -3.01. The van der Waals surface area contributed by atoms with E-state index in [2.05, 4.69) is 15.3 Å². The third-order valence-electron chi connectivity index (χ3n) is 2.34. The Labute approximate surface area is 87.0 Å². The predicted octanol–water partition coefficient (Wildman–Crippen LogP) is -0.217. The summed E-state index contributed by atoms with van der Waals surface area (Å²) in [6.07, 6.45) is 3.50. The molecule has 0 spiro atoms. The van der Waals surface area contributed by atoms with Crippen molar-refractivity contribution in [2.75, 3.05) is 16.8 Å². The van der Waals surface area contributed by atoms with Crippen LogP contribution in [-0.4, -0.2) is 35.8 Å². The van der Waals surface area contributed by atoms with Crippen LogP contribution in [0.2, 0.25) is 0 Å². The summed E-state index contributed by atoms with van der Waals surface area (Å²) < 4.78 is 22.3. The number of nitrogens with one attached hydrogen (secondary N) is 2. The maximum absolute atomic E-state index is 11.6. The van der Waals surface area contributed by atoms with Crippen LogP contribution in [0.1, 0.15) is 6.42 Å². The Bertz CT molecular complexity index is 451. The molecule has 6 nitrogen and oxygen atoms in total. The van der Waals surface area contributed by atoms with Crippen LogP contribution < -0.4 is 5.32 Å². The Morgan fingerprint density at radius 1 is 1.60 bits per heavy atom. The number of amides is 1. The molecule has 1 unspecified atom stereocenters. The van der Waals surface area contributed by atoms with Crippen LogP contribution in [0.4, 0.5) is 5.95 Å². The van der Waals surface area contributed by atoms with Crippen LogP contribution in [0.3, 0.4) is 0 Å². The highest BCUT2D eigenvalue weighted by Gasteiger charge is 2.33. The van der Waals surface area contributed by atoms with Gasteiger partial charge < -0.3 is 4.98 Å². The fourth-order valence-electron chi connectivity index (χ4n) is 1.55. The Balaban J connectivity index is 1.99. The largest absolute Gasteiger partial charge is 0.331 e. The topological polar surface area (TPSA) is 91.9 Å². The van der Waals surface area contributed by atoms with Gasteiger partial charge in [-0.25, -0.2) is 13.4 Å². The number of carbonyl (C=O) groups is 1. The molecule has 2 rings (SSSR count). The molecule has 0 radical (unpaired) electrons. The van der Waals surface area contributed by atoms with Gasteiger partial charge in [0, 0.05) is 12.4 Å². The van der Waals surface area contributed by atoms with Crippen molar-refractivity contribution in [3.63, 3.8) is 0 Å². The molecule has 1 aliphatic heterocycles. The summed E-state index contributed by atoms with van der Waals surface area (Å²) in [5.41, 5.74) is 0. The van der Waals surface area contributed by atoms with Crippen LogP contribution in [0.25, 0.3) is 0 Å². The third kappa shape index (κ3) is 2.35. The van der Waals surface area contributed by atoms with Gasteiger partial charge in [0.1, 0.15) is 0 Å². The van der Waals surface area contributed by atoms with Crippen LogP contribution in [-0.2, 0) is 14.6 Å². The van der Waals surface area contributed by atoms with E-state index in [1.54, 1.807) is 6.20 Å². The highest BCUT2D eigenvalue weighted by Crippen LogP contribution is 2.19. The minimum Gasteiger partial charge on any atom is -0.331 e. The van der Waals surface area contributed by atoms with E-state index < -0.39 is 15.8 Å². The van der Waals surface area contributed by atoms with Gasteiger partial charge in [0.05, 0.1) is 17.4 Å². The average Bonchev–Trinajstić information content (AvgIpc) is 2.74. The number of aromatic amines is 1. The third-order valence-corrected chi connectivity index (χ3v) is 4.11. The molecule has 0 aromatic carbocycles. The lowest BCUT2D eigenvalue weighted by Gasteiger charge is -2.06. The zero-order valence-corrected chi connectivity index (χ0v) is 8.75. The van der Waals surface area contributed by atoms with Crippen molar-refractivity contribution in [1.82, 2.24) is 9.97 Å². The second-order valence-electron chi connectivity index (χ2n) is 3.53. The lowest BCUT2D eigenvalue weighted by molar-refractivity contribution is -0.119. The molecule has 15 heavy (non-hydrogen) atoms. The maximum Gasteiger partial charge on any atom is 0.230 e. The molecular weight excluding hydrogens is 218 g/mol. The van der Waals surface area contributed by atoms with Crippen molar-refractivity contribution < 1.29 is 13.2 Å². The first kappa shape index (κ1) is 10.2. The van der Waals surface area contributed by atoms with Crippen LogP contribution >= 0.6 is 0 Å². The van der Waals surface area contributed by atoms with Crippen molar-refractivity contribution >= 4 is 21.7 Å². The van der Waals surface area contributed by atoms with Gasteiger partial charge in [0.2, 0.25) is 11.9 Å². The lowest BCUT2D eigenvalue weighted by atomic mass is 10.1. The smallest absolute Gasteiger partial charge is 0.230 e. The molecule has 2 N–H and O–H groups in total. The molecule has 0 bridgehead atoms. The van der Waals surface area contributed by atoms with Gasteiger partial charge in [-0.3, -0.25) is 10.1 Å². The molecule has 0 saturated carbocycles. The second kappa shape index (κ2) is 3.65. The molecule has 2 heterocycles. The van der Waals surface area contributed by atoms with E-state index in [1.165, 1.54) is 6.20 Å². The highest BCUT2D eigenvalue weighted by atomic mass is 32.2. The zero-order chi connectivity index (χ0) is 10.9. The van der Waals surface area contributed by atoms with E-state index in [4.69, 9.17) is 0 Å². The number of imidazole rings is 1. The average molecular weight is 229 g/mol. The summed E-state index contributed by atoms with van der Waals surface area (Å²) >= 11 is 0. The van der Waals surface area contributed by atoms with Crippen LogP contribution in [0.15, 0.2) is 12.4 Å². The fourth-order valence-corrected chi connectivity index (χ4v) is 3.30. The number of sulfone groups is 1. The minimum absolute atomic E-state index is 0.0560. The molecule has 1 aromatic rings. The zero-order valence-electron chi connectivity index (χ0n) is 7.93. The van der Waals surface area contributed by atoms with E-state index in [0.29, 0.717) is 12.4 Å². The number of anilines is 1. The van der Waals surface area contributed by atoms with Gasteiger partial charge >= 0.3 is 0 Å². The van der Waals surface area contributed by atoms with Gasteiger partial charge in [-0.15, -0.1) is 0 Å². The van der Waals surface area contributed by atoms with Crippen molar-refractivity contribution in [2.24, 2.45) is 5.92 Å². The number of H-pyrrole nitrogens is 1. The lowest BCUT2D eigenvalue weighted by Crippen LogP contribution is -2.24. The van der Waals surface area contributed by atoms with Crippen LogP contribution in [0, 0.1) is 5.92 Å². The maximum atomic E-state index is 11.6. The number of nitrogens with zero attached hydrogens (tertiary/aromatic N) is 1. The molecule has 1 atom stereocenters. The van der Waals surface area contributed by atoms with Crippen molar-refractivity contribution in [3.05, 3.63) is 12.4 Å². The van der Waals surface area contributed by atoms with E-state index in [9.17, 15) is 13.2 Å².